The lowest BCUT2D eigenvalue weighted by Crippen LogP contribution is -2.24. The number of benzene rings is 2. The fraction of sp³-hybridized carbons (Fsp3) is 0.391. The molecule has 0 aliphatic carbocycles. The van der Waals surface area contributed by atoms with Crippen molar-refractivity contribution in [2.75, 3.05) is 18.5 Å². The lowest BCUT2D eigenvalue weighted by atomic mass is 10.1. The standard InChI is InChI=1S/C23H26N2O4/c1-3-28-21-12-18-10-15(2)29-20(18)13-19(21)24-23(27)17-7-4-6-16(11-17)14-25-9-5-8-22(25)26/h4,6-7,11-13,15H,3,5,8-10,14H2,1-2H3,(H,24,27)/t15-/m0/s1. The molecule has 1 fully saturated rings. The van der Waals surface area contributed by atoms with Crippen LogP contribution in [0.4, 0.5) is 5.69 Å². The Morgan fingerprint density at radius 2 is 2.17 bits per heavy atom. The second-order valence-corrected chi connectivity index (χ2v) is 7.60. The van der Waals surface area contributed by atoms with E-state index in [-0.39, 0.29) is 17.9 Å². The van der Waals surface area contributed by atoms with Gasteiger partial charge >= 0.3 is 0 Å². The van der Waals surface area contributed by atoms with Crippen LogP contribution in [0.5, 0.6) is 11.5 Å². The number of carbonyl (C=O) groups excluding carboxylic acids is 2. The number of hydrogen-bond donors (Lipinski definition) is 1. The SMILES string of the molecule is CCOc1cc2c(cc1NC(=O)c1cccc(CN3CCCC3=O)c1)O[C@@H](C)C2. The van der Waals surface area contributed by atoms with Gasteiger partial charge < -0.3 is 19.7 Å². The second-order valence-electron chi connectivity index (χ2n) is 7.60. The van der Waals surface area contributed by atoms with Gasteiger partial charge in [0.1, 0.15) is 17.6 Å². The second kappa shape index (κ2) is 8.15. The van der Waals surface area contributed by atoms with Crippen molar-refractivity contribution in [1.29, 1.82) is 0 Å². The third-order valence-corrected chi connectivity index (χ3v) is 5.28. The number of hydrogen-bond acceptors (Lipinski definition) is 4. The molecular formula is C23H26N2O4. The van der Waals surface area contributed by atoms with Crippen molar-refractivity contribution in [2.24, 2.45) is 0 Å². The van der Waals surface area contributed by atoms with Crippen LogP contribution in [0.25, 0.3) is 0 Å². The van der Waals surface area contributed by atoms with Gasteiger partial charge in [0, 0.05) is 43.1 Å². The summed E-state index contributed by atoms with van der Waals surface area (Å²) in [6.45, 7) is 5.77. The quantitative estimate of drug-likeness (QED) is 0.810. The minimum Gasteiger partial charge on any atom is -0.492 e. The van der Waals surface area contributed by atoms with E-state index in [1.165, 1.54) is 0 Å². The van der Waals surface area contributed by atoms with Gasteiger partial charge in [-0.05, 0) is 44.0 Å². The molecule has 2 heterocycles. The van der Waals surface area contributed by atoms with Crippen LogP contribution in [-0.4, -0.2) is 36.0 Å². The molecule has 6 nitrogen and oxygen atoms in total. The van der Waals surface area contributed by atoms with Crippen molar-refractivity contribution in [2.45, 2.75) is 45.8 Å². The highest BCUT2D eigenvalue weighted by atomic mass is 16.5. The minimum absolute atomic E-state index is 0.121. The Labute approximate surface area is 170 Å². The first-order chi connectivity index (χ1) is 14.0. The van der Waals surface area contributed by atoms with Crippen LogP contribution in [0.15, 0.2) is 36.4 Å². The fourth-order valence-electron chi connectivity index (χ4n) is 3.91. The van der Waals surface area contributed by atoms with Crippen molar-refractivity contribution in [3.63, 3.8) is 0 Å². The number of carbonyl (C=O) groups is 2. The maximum atomic E-state index is 12.9. The summed E-state index contributed by atoms with van der Waals surface area (Å²) in [6.07, 6.45) is 2.47. The van der Waals surface area contributed by atoms with E-state index in [0.717, 1.165) is 36.3 Å². The number of anilines is 1. The van der Waals surface area contributed by atoms with Crippen LogP contribution in [0.3, 0.4) is 0 Å². The molecule has 2 aromatic rings. The minimum atomic E-state index is -0.216. The van der Waals surface area contributed by atoms with Gasteiger partial charge in [-0.1, -0.05) is 12.1 Å². The molecule has 2 aliphatic heterocycles. The van der Waals surface area contributed by atoms with E-state index in [0.29, 0.717) is 36.6 Å². The first-order valence-electron chi connectivity index (χ1n) is 10.2. The van der Waals surface area contributed by atoms with Crippen LogP contribution in [-0.2, 0) is 17.8 Å². The first-order valence-corrected chi connectivity index (χ1v) is 10.2. The van der Waals surface area contributed by atoms with Crippen LogP contribution < -0.4 is 14.8 Å². The third kappa shape index (κ3) is 4.21. The molecule has 0 radical (unpaired) electrons. The Kier molecular flexibility index (Phi) is 5.43. The summed E-state index contributed by atoms with van der Waals surface area (Å²) in [6, 6.07) is 11.2. The number of ether oxygens (including phenoxy) is 2. The number of amides is 2. The average molecular weight is 394 g/mol. The lowest BCUT2D eigenvalue weighted by molar-refractivity contribution is -0.128. The molecule has 4 rings (SSSR count). The Morgan fingerprint density at radius 3 is 2.93 bits per heavy atom. The molecule has 2 aliphatic rings. The molecule has 0 saturated carbocycles. The highest BCUT2D eigenvalue weighted by molar-refractivity contribution is 6.05. The number of likely N-dealkylation sites (tertiary alicyclic amines) is 1. The molecular weight excluding hydrogens is 368 g/mol. The molecule has 1 atom stereocenters. The van der Waals surface area contributed by atoms with Gasteiger partial charge in [0.25, 0.3) is 5.91 Å². The zero-order valence-electron chi connectivity index (χ0n) is 16.9. The summed E-state index contributed by atoms with van der Waals surface area (Å²) >= 11 is 0. The van der Waals surface area contributed by atoms with Gasteiger partial charge in [-0.15, -0.1) is 0 Å². The molecule has 2 aromatic carbocycles. The molecule has 6 heteroatoms. The van der Waals surface area contributed by atoms with Crippen LogP contribution in [0.2, 0.25) is 0 Å². The average Bonchev–Trinajstić information content (AvgIpc) is 3.26. The summed E-state index contributed by atoms with van der Waals surface area (Å²) in [5.74, 6) is 1.40. The van der Waals surface area contributed by atoms with Gasteiger partial charge in [0.05, 0.1) is 12.3 Å². The van der Waals surface area contributed by atoms with E-state index in [4.69, 9.17) is 9.47 Å². The lowest BCUT2D eigenvalue weighted by Gasteiger charge is -2.16. The zero-order chi connectivity index (χ0) is 20.4. The van der Waals surface area contributed by atoms with Crippen LogP contribution in [0, 0.1) is 0 Å². The van der Waals surface area contributed by atoms with E-state index in [9.17, 15) is 9.59 Å². The predicted molar refractivity (Wildman–Crippen MR) is 110 cm³/mol. The summed E-state index contributed by atoms with van der Waals surface area (Å²) in [5, 5.41) is 2.96. The van der Waals surface area contributed by atoms with Crippen molar-refractivity contribution in [3.8, 4) is 11.5 Å². The molecule has 0 aromatic heterocycles. The highest BCUT2D eigenvalue weighted by Crippen LogP contribution is 2.38. The maximum Gasteiger partial charge on any atom is 0.255 e. The van der Waals surface area contributed by atoms with Gasteiger partial charge in [-0.3, -0.25) is 9.59 Å². The molecule has 0 spiro atoms. The first kappa shape index (κ1) is 19.3. The largest absolute Gasteiger partial charge is 0.492 e. The van der Waals surface area contributed by atoms with Crippen molar-refractivity contribution >= 4 is 17.5 Å². The predicted octanol–water partition coefficient (Wildman–Crippen LogP) is 3.78. The molecule has 1 N–H and O–H groups in total. The molecule has 152 valence electrons. The van der Waals surface area contributed by atoms with Gasteiger partial charge in [-0.2, -0.15) is 0 Å². The highest BCUT2D eigenvalue weighted by Gasteiger charge is 2.23. The molecule has 0 bridgehead atoms. The van der Waals surface area contributed by atoms with E-state index in [1.54, 1.807) is 6.07 Å². The monoisotopic (exact) mass is 394 g/mol. The molecule has 29 heavy (non-hydrogen) atoms. The molecule has 2 amide bonds. The number of fused-ring (bicyclic) bond motifs is 1. The third-order valence-electron chi connectivity index (χ3n) is 5.28. The van der Waals surface area contributed by atoms with Crippen LogP contribution in [0.1, 0.15) is 48.2 Å². The fourth-order valence-corrected chi connectivity index (χ4v) is 3.91. The van der Waals surface area contributed by atoms with Gasteiger partial charge in [-0.25, -0.2) is 0 Å². The van der Waals surface area contributed by atoms with E-state index >= 15 is 0 Å². The summed E-state index contributed by atoms with van der Waals surface area (Å²) in [5.41, 5.74) is 3.19. The smallest absolute Gasteiger partial charge is 0.255 e. The van der Waals surface area contributed by atoms with E-state index < -0.39 is 0 Å². The number of nitrogens with one attached hydrogen (secondary N) is 1. The van der Waals surface area contributed by atoms with Crippen molar-refractivity contribution < 1.29 is 19.1 Å². The van der Waals surface area contributed by atoms with E-state index in [1.807, 2.05) is 49.1 Å². The Hall–Kier alpha value is -3.02. The van der Waals surface area contributed by atoms with Gasteiger partial charge in [0.2, 0.25) is 5.91 Å². The summed E-state index contributed by atoms with van der Waals surface area (Å²) < 4.78 is 11.6. The Morgan fingerprint density at radius 1 is 1.31 bits per heavy atom. The number of nitrogens with zero attached hydrogens (tertiary/aromatic N) is 1. The normalized spacial score (nSPS) is 17.8. The van der Waals surface area contributed by atoms with Crippen molar-refractivity contribution in [3.05, 3.63) is 53.1 Å². The summed E-state index contributed by atoms with van der Waals surface area (Å²) in [4.78, 5) is 26.6. The topological polar surface area (TPSA) is 67.9 Å². The Bertz CT molecular complexity index is 940. The van der Waals surface area contributed by atoms with E-state index in [2.05, 4.69) is 5.32 Å². The zero-order valence-corrected chi connectivity index (χ0v) is 16.9. The van der Waals surface area contributed by atoms with Gasteiger partial charge in [0.15, 0.2) is 0 Å². The maximum absolute atomic E-state index is 12.9. The Balaban J connectivity index is 1.53. The molecule has 1 saturated heterocycles. The van der Waals surface area contributed by atoms with Crippen molar-refractivity contribution in [1.82, 2.24) is 4.90 Å². The number of rotatable bonds is 6. The molecule has 0 unspecified atom stereocenters. The summed E-state index contributed by atoms with van der Waals surface area (Å²) in [7, 11) is 0. The van der Waals surface area contributed by atoms with Crippen LogP contribution >= 0.6 is 0 Å².